The molecule has 0 radical (unpaired) electrons. The molecular weight excluding hydrogens is 296 g/mol. The molecule has 0 atom stereocenters. The number of sulfone groups is 1. The number of methoxy groups -OCH3 is 1. The number of rotatable bonds is 4. The van der Waals surface area contributed by atoms with Crippen LogP contribution >= 0.6 is 0 Å². The lowest BCUT2D eigenvalue weighted by molar-refractivity contribution is 0.414. The summed E-state index contributed by atoms with van der Waals surface area (Å²) in [6.07, 6.45) is 0. The Labute approximate surface area is 132 Å². The molecule has 0 N–H and O–H groups in total. The Kier molecular flexibility index (Phi) is 4.61. The number of hydrogen-bond acceptors (Lipinski definition) is 3. The van der Waals surface area contributed by atoms with Crippen LogP contribution < -0.4 is 4.74 Å². The van der Waals surface area contributed by atoms with Crippen molar-refractivity contribution in [2.75, 3.05) is 7.11 Å². The normalized spacial score (nSPS) is 12.2. The van der Waals surface area contributed by atoms with Crippen molar-refractivity contribution < 1.29 is 13.2 Å². The first kappa shape index (κ1) is 16.6. The molecule has 0 spiro atoms. The molecule has 2 rings (SSSR count). The Hall–Kier alpha value is -1.81. The molecule has 0 heterocycles. The summed E-state index contributed by atoms with van der Waals surface area (Å²) in [4.78, 5) is 0.313. The molecule has 3 nitrogen and oxygen atoms in total. The molecule has 22 heavy (non-hydrogen) atoms. The van der Waals surface area contributed by atoms with E-state index in [9.17, 15) is 8.42 Å². The molecule has 0 aromatic heterocycles. The summed E-state index contributed by atoms with van der Waals surface area (Å²) < 4.78 is 29.9. The van der Waals surface area contributed by atoms with Gasteiger partial charge in [0, 0.05) is 0 Å². The van der Waals surface area contributed by atoms with Crippen LogP contribution in [0.4, 0.5) is 0 Å². The summed E-state index contributed by atoms with van der Waals surface area (Å²) in [5.74, 6) is 0.650. The van der Waals surface area contributed by atoms with Gasteiger partial charge in [-0.3, -0.25) is 0 Å². The molecule has 0 unspecified atom stereocenters. The zero-order chi connectivity index (χ0) is 16.4. The quantitative estimate of drug-likeness (QED) is 0.857. The average molecular weight is 318 g/mol. The number of ether oxygens (including phenoxy) is 1. The predicted molar refractivity (Wildman–Crippen MR) is 89.0 cm³/mol. The van der Waals surface area contributed by atoms with Crippen LogP contribution in [0, 0.1) is 0 Å². The van der Waals surface area contributed by atoms with Gasteiger partial charge in [0.2, 0.25) is 0 Å². The summed E-state index contributed by atoms with van der Waals surface area (Å²) in [7, 11) is -1.79. The van der Waals surface area contributed by atoms with Gasteiger partial charge in [-0.2, -0.15) is 0 Å². The molecule has 2 aromatic rings. The second kappa shape index (κ2) is 6.13. The molecule has 2 aromatic carbocycles. The first-order valence-electron chi connectivity index (χ1n) is 7.18. The third-order valence-corrected chi connectivity index (χ3v) is 5.30. The van der Waals surface area contributed by atoms with E-state index >= 15 is 0 Å². The van der Waals surface area contributed by atoms with Crippen LogP contribution in [-0.4, -0.2) is 15.5 Å². The molecule has 0 amide bonds. The summed E-state index contributed by atoms with van der Waals surface area (Å²) >= 11 is 0. The van der Waals surface area contributed by atoms with Gasteiger partial charge >= 0.3 is 0 Å². The Morgan fingerprint density at radius 3 is 1.91 bits per heavy atom. The van der Waals surface area contributed by atoms with Crippen molar-refractivity contribution in [2.45, 2.75) is 36.8 Å². The van der Waals surface area contributed by atoms with Gasteiger partial charge in [-0.15, -0.1) is 0 Å². The van der Waals surface area contributed by atoms with E-state index in [-0.39, 0.29) is 11.2 Å². The molecule has 0 saturated heterocycles. The van der Waals surface area contributed by atoms with Crippen LogP contribution in [-0.2, 0) is 21.0 Å². The Morgan fingerprint density at radius 1 is 0.909 bits per heavy atom. The molecule has 4 heteroatoms. The predicted octanol–water partition coefficient (Wildman–Crippen LogP) is 3.97. The van der Waals surface area contributed by atoms with E-state index < -0.39 is 9.84 Å². The Balaban J connectivity index is 2.21. The maximum atomic E-state index is 12.4. The van der Waals surface area contributed by atoms with Crippen molar-refractivity contribution in [3.05, 3.63) is 59.7 Å². The fraction of sp³-hybridized carbons (Fsp3) is 0.333. The maximum Gasteiger partial charge on any atom is 0.182 e. The molecular formula is C18H22O3S. The highest BCUT2D eigenvalue weighted by Crippen LogP contribution is 2.24. The third kappa shape index (κ3) is 3.89. The standard InChI is InChI=1S/C18H22O3S/c1-18(2,3)15-7-5-14(6-8-15)13-22(19,20)17-11-9-16(21-4)10-12-17/h5-12H,13H2,1-4H3. The molecule has 0 bridgehead atoms. The van der Waals surface area contributed by atoms with Gasteiger partial charge in [0.05, 0.1) is 17.8 Å². The van der Waals surface area contributed by atoms with Crippen molar-refractivity contribution in [3.63, 3.8) is 0 Å². The molecule has 0 aliphatic heterocycles. The van der Waals surface area contributed by atoms with E-state index in [0.717, 1.165) is 5.56 Å². The smallest absolute Gasteiger partial charge is 0.182 e. The SMILES string of the molecule is COc1ccc(S(=O)(=O)Cc2ccc(C(C)(C)C)cc2)cc1. The molecule has 0 aliphatic rings. The van der Waals surface area contributed by atoms with Crippen LogP contribution in [0.5, 0.6) is 5.75 Å². The lowest BCUT2D eigenvalue weighted by Crippen LogP contribution is -2.11. The van der Waals surface area contributed by atoms with Crippen LogP contribution in [0.2, 0.25) is 0 Å². The molecule has 118 valence electrons. The maximum absolute atomic E-state index is 12.4. The molecule has 0 aliphatic carbocycles. The van der Waals surface area contributed by atoms with Crippen molar-refractivity contribution >= 4 is 9.84 Å². The summed E-state index contributed by atoms with van der Waals surface area (Å²) in [5, 5.41) is 0. The van der Waals surface area contributed by atoms with Gasteiger partial charge < -0.3 is 4.74 Å². The highest BCUT2D eigenvalue weighted by atomic mass is 32.2. The minimum absolute atomic E-state index is 0.00372. The number of hydrogen-bond donors (Lipinski definition) is 0. The van der Waals surface area contributed by atoms with Crippen LogP contribution in [0.1, 0.15) is 31.9 Å². The Bertz CT molecular complexity index is 721. The van der Waals surface area contributed by atoms with Crippen molar-refractivity contribution in [1.29, 1.82) is 0 Å². The summed E-state index contributed by atoms with van der Waals surface area (Å²) in [6.45, 7) is 6.41. The minimum atomic E-state index is -3.34. The highest BCUT2D eigenvalue weighted by Gasteiger charge is 2.17. The number of benzene rings is 2. The van der Waals surface area contributed by atoms with Crippen molar-refractivity contribution in [1.82, 2.24) is 0 Å². The highest BCUT2D eigenvalue weighted by molar-refractivity contribution is 7.90. The van der Waals surface area contributed by atoms with Gasteiger partial charge in [-0.25, -0.2) is 8.42 Å². The summed E-state index contributed by atoms with van der Waals surface area (Å²) in [5.41, 5.74) is 2.05. The summed E-state index contributed by atoms with van der Waals surface area (Å²) in [6, 6.07) is 14.3. The fourth-order valence-corrected chi connectivity index (χ4v) is 3.54. The molecule has 0 fully saturated rings. The van der Waals surface area contributed by atoms with Crippen LogP contribution in [0.25, 0.3) is 0 Å². The first-order valence-corrected chi connectivity index (χ1v) is 8.84. The van der Waals surface area contributed by atoms with E-state index in [0.29, 0.717) is 10.6 Å². The first-order chi connectivity index (χ1) is 10.2. The van der Waals surface area contributed by atoms with Crippen molar-refractivity contribution in [3.8, 4) is 5.75 Å². The average Bonchev–Trinajstić information content (AvgIpc) is 2.46. The zero-order valence-electron chi connectivity index (χ0n) is 13.5. The van der Waals surface area contributed by atoms with E-state index in [1.54, 1.807) is 31.4 Å². The van der Waals surface area contributed by atoms with E-state index in [4.69, 9.17) is 4.74 Å². The second-order valence-corrected chi connectivity index (χ2v) is 8.37. The molecule has 0 saturated carbocycles. The fourth-order valence-electron chi connectivity index (χ4n) is 2.19. The van der Waals surface area contributed by atoms with Gasteiger partial charge in [-0.05, 0) is 40.8 Å². The van der Waals surface area contributed by atoms with E-state index in [1.165, 1.54) is 5.56 Å². The van der Waals surface area contributed by atoms with Crippen LogP contribution in [0.15, 0.2) is 53.4 Å². The van der Waals surface area contributed by atoms with Gasteiger partial charge in [0.25, 0.3) is 0 Å². The topological polar surface area (TPSA) is 43.4 Å². The van der Waals surface area contributed by atoms with Crippen LogP contribution in [0.3, 0.4) is 0 Å². The third-order valence-electron chi connectivity index (χ3n) is 3.60. The lowest BCUT2D eigenvalue weighted by atomic mass is 9.87. The van der Waals surface area contributed by atoms with Gasteiger partial charge in [0.1, 0.15) is 5.75 Å². The zero-order valence-corrected chi connectivity index (χ0v) is 14.3. The van der Waals surface area contributed by atoms with E-state index in [1.807, 2.05) is 24.3 Å². The van der Waals surface area contributed by atoms with Gasteiger partial charge in [0.15, 0.2) is 9.84 Å². The minimum Gasteiger partial charge on any atom is -0.497 e. The lowest BCUT2D eigenvalue weighted by Gasteiger charge is -2.19. The van der Waals surface area contributed by atoms with Gasteiger partial charge in [-0.1, -0.05) is 45.0 Å². The Morgan fingerprint density at radius 2 is 1.45 bits per heavy atom. The monoisotopic (exact) mass is 318 g/mol. The van der Waals surface area contributed by atoms with Crippen molar-refractivity contribution in [2.24, 2.45) is 0 Å². The second-order valence-electron chi connectivity index (χ2n) is 6.38. The largest absolute Gasteiger partial charge is 0.497 e. The van der Waals surface area contributed by atoms with E-state index in [2.05, 4.69) is 20.8 Å².